The van der Waals surface area contributed by atoms with Crippen molar-refractivity contribution in [2.75, 3.05) is 11.9 Å². The molecule has 0 fully saturated rings. The molecule has 0 aromatic heterocycles. The van der Waals surface area contributed by atoms with Gasteiger partial charge in [0.15, 0.2) is 0 Å². The predicted octanol–water partition coefficient (Wildman–Crippen LogP) is 3.34. The summed E-state index contributed by atoms with van der Waals surface area (Å²) in [6.45, 7) is 7.03. The van der Waals surface area contributed by atoms with Gasteiger partial charge >= 0.3 is 0 Å². The summed E-state index contributed by atoms with van der Waals surface area (Å²) >= 11 is 0. The largest absolute Gasteiger partial charge is 0.376 e. The molecule has 2 N–H and O–H groups in total. The zero-order valence-electron chi connectivity index (χ0n) is 12.9. The molecule has 0 atom stereocenters. The summed E-state index contributed by atoms with van der Waals surface area (Å²) in [5, 5.41) is 6.12. The Morgan fingerprint density at radius 2 is 1.81 bits per heavy atom. The molecule has 3 heteroatoms. The van der Waals surface area contributed by atoms with Crippen molar-refractivity contribution < 1.29 is 4.79 Å². The zero-order chi connectivity index (χ0) is 15.2. The molecule has 0 heterocycles. The first kappa shape index (κ1) is 15.1. The minimum atomic E-state index is -0.00240. The number of anilines is 1. The maximum absolute atomic E-state index is 11.9. The normalized spacial score (nSPS) is 10.2. The molecule has 21 heavy (non-hydrogen) atoms. The summed E-state index contributed by atoms with van der Waals surface area (Å²) in [6.07, 6.45) is 0. The lowest BCUT2D eigenvalue weighted by atomic mass is 10.1. The maximum Gasteiger partial charge on any atom is 0.239 e. The third-order valence-electron chi connectivity index (χ3n) is 3.62. The van der Waals surface area contributed by atoms with Crippen LogP contribution in [0.15, 0.2) is 42.5 Å². The van der Waals surface area contributed by atoms with Crippen LogP contribution < -0.4 is 10.6 Å². The summed E-state index contributed by atoms with van der Waals surface area (Å²) in [5.41, 5.74) is 5.75. The quantitative estimate of drug-likeness (QED) is 0.883. The molecular formula is C18H22N2O. The highest BCUT2D eigenvalue weighted by Crippen LogP contribution is 2.17. The van der Waals surface area contributed by atoms with Gasteiger partial charge in [-0.05, 0) is 43.5 Å². The Bertz CT molecular complexity index is 635. The summed E-state index contributed by atoms with van der Waals surface area (Å²) in [7, 11) is 0. The van der Waals surface area contributed by atoms with Gasteiger partial charge in [-0.3, -0.25) is 4.79 Å². The summed E-state index contributed by atoms with van der Waals surface area (Å²) in [4.78, 5) is 11.9. The van der Waals surface area contributed by atoms with Crippen molar-refractivity contribution in [3.63, 3.8) is 0 Å². The van der Waals surface area contributed by atoms with Crippen LogP contribution in [0.25, 0.3) is 0 Å². The van der Waals surface area contributed by atoms with Crippen molar-refractivity contribution in [1.29, 1.82) is 0 Å². The first-order valence-corrected chi connectivity index (χ1v) is 7.18. The lowest BCUT2D eigenvalue weighted by Crippen LogP contribution is -2.29. The van der Waals surface area contributed by atoms with Gasteiger partial charge in [0.25, 0.3) is 0 Å². The number of benzene rings is 2. The Hall–Kier alpha value is -2.29. The monoisotopic (exact) mass is 282 g/mol. The van der Waals surface area contributed by atoms with Crippen molar-refractivity contribution in [3.8, 4) is 0 Å². The molecule has 110 valence electrons. The average Bonchev–Trinajstić information content (AvgIpc) is 2.47. The number of rotatable bonds is 5. The predicted molar refractivity (Wildman–Crippen MR) is 87.4 cm³/mol. The lowest BCUT2D eigenvalue weighted by molar-refractivity contribution is -0.119. The number of amides is 1. The molecule has 0 aliphatic rings. The minimum absolute atomic E-state index is 0.00240. The second-order valence-corrected chi connectivity index (χ2v) is 5.37. The topological polar surface area (TPSA) is 41.1 Å². The van der Waals surface area contributed by atoms with Crippen LogP contribution in [0, 0.1) is 20.8 Å². The van der Waals surface area contributed by atoms with Gasteiger partial charge in [0, 0.05) is 12.2 Å². The third kappa shape index (κ3) is 4.35. The van der Waals surface area contributed by atoms with E-state index < -0.39 is 0 Å². The first-order chi connectivity index (χ1) is 10.1. The number of nitrogens with one attached hydrogen (secondary N) is 2. The van der Waals surface area contributed by atoms with Crippen LogP contribution in [0.1, 0.15) is 22.3 Å². The Kier molecular flexibility index (Phi) is 4.99. The van der Waals surface area contributed by atoms with E-state index in [2.05, 4.69) is 36.6 Å². The van der Waals surface area contributed by atoms with Crippen LogP contribution in [-0.4, -0.2) is 12.5 Å². The summed E-state index contributed by atoms with van der Waals surface area (Å²) < 4.78 is 0. The van der Waals surface area contributed by atoms with Gasteiger partial charge < -0.3 is 10.6 Å². The van der Waals surface area contributed by atoms with Crippen LogP contribution in [0.4, 0.5) is 5.69 Å². The Morgan fingerprint density at radius 1 is 1.05 bits per heavy atom. The molecule has 0 unspecified atom stereocenters. The van der Waals surface area contributed by atoms with Crippen LogP contribution in [0.3, 0.4) is 0 Å². The summed E-state index contributed by atoms with van der Waals surface area (Å²) in [6, 6.07) is 14.2. The molecule has 2 aromatic rings. The molecule has 0 aliphatic carbocycles. The average molecular weight is 282 g/mol. The second kappa shape index (κ2) is 6.93. The molecule has 0 spiro atoms. The van der Waals surface area contributed by atoms with Crippen molar-refractivity contribution in [2.24, 2.45) is 0 Å². The molecule has 0 saturated heterocycles. The fraction of sp³-hybridized carbons (Fsp3) is 0.278. The van der Waals surface area contributed by atoms with E-state index in [1.54, 1.807) is 0 Å². The fourth-order valence-corrected chi connectivity index (χ4v) is 2.20. The maximum atomic E-state index is 11.9. The zero-order valence-corrected chi connectivity index (χ0v) is 12.9. The van der Waals surface area contributed by atoms with Crippen LogP contribution >= 0.6 is 0 Å². The van der Waals surface area contributed by atoms with Gasteiger partial charge in [-0.25, -0.2) is 0 Å². The molecule has 2 aromatic carbocycles. The standard InChI is InChI=1S/C18H22N2O/c1-13-6-4-8-16(10-13)11-20-18(21)12-19-17-9-5-7-14(2)15(17)3/h4-10,19H,11-12H2,1-3H3,(H,20,21). The van der Waals surface area contributed by atoms with Crippen LogP contribution in [0.5, 0.6) is 0 Å². The number of carbonyl (C=O) groups is 1. The van der Waals surface area contributed by atoms with Crippen molar-refractivity contribution in [2.45, 2.75) is 27.3 Å². The van der Waals surface area contributed by atoms with E-state index in [1.807, 2.05) is 37.3 Å². The molecule has 0 saturated carbocycles. The highest BCUT2D eigenvalue weighted by atomic mass is 16.1. The molecule has 3 nitrogen and oxygen atoms in total. The number of aryl methyl sites for hydroxylation is 2. The minimum Gasteiger partial charge on any atom is -0.376 e. The van der Waals surface area contributed by atoms with Crippen molar-refractivity contribution >= 4 is 11.6 Å². The van der Waals surface area contributed by atoms with Gasteiger partial charge in [-0.15, -0.1) is 0 Å². The first-order valence-electron chi connectivity index (χ1n) is 7.18. The molecule has 1 amide bonds. The highest BCUT2D eigenvalue weighted by molar-refractivity contribution is 5.81. The number of hydrogen-bond acceptors (Lipinski definition) is 2. The van der Waals surface area contributed by atoms with E-state index in [0.717, 1.165) is 11.3 Å². The number of carbonyl (C=O) groups excluding carboxylic acids is 1. The van der Waals surface area contributed by atoms with Gasteiger partial charge in [-0.2, -0.15) is 0 Å². The van der Waals surface area contributed by atoms with E-state index in [1.165, 1.54) is 16.7 Å². The molecule has 2 rings (SSSR count). The van der Waals surface area contributed by atoms with Gasteiger partial charge in [0.05, 0.1) is 6.54 Å². The smallest absolute Gasteiger partial charge is 0.239 e. The SMILES string of the molecule is Cc1cccc(CNC(=O)CNc2cccc(C)c2C)c1. The highest BCUT2D eigenvalue weighted by Gasteiger charge is 2.04. The molecule has 0 radical (unpaired) electrons. The Morgan fingerprint density at radius 3 is 2.57 bits per heavy atom. The van der Waals surface area contributed by atoms with E-state index in [-0.39, 0.29) is 12.5 Å². The van der Waals surface area contributed by atoms with E-state index >= 15 is 0 Å². The second-order valence-electron chi connectivity index (χ2n) is 5.37. The Balaban J connectivity index is 1.84. The summed E-state index contributed by atoms with van der Waals surface area (Å²) in [5.74, 6) is -0.00240. The van der Waals surface area contributed by atoms with Crippen molar-refractivity contribution in [3.05, 3.63) is 64.7 Å². The van der Waals surface area contributed by atoms with E-state index in [0.29, 0.717) is 6.54 Å². The number of hydrogen-bond donors (Lipinski definition) is 2. The third-order valence-corrected chi connectivity index (χ3v) is 3.62. The lowest BCUT2D eigenvalue weighted by Gasteiger charge is -2.11. The van der Waals surface area contributed by atoms with Crippen LogP contribution in [0.2, 0.25) is 0 Å². The van der Waals surface area contributed by atoms with Gasteiger partial charge in [-0.1, -0.05) is 42.0 Å². The Labute approximate surface area is 126 Å². The van der Waals surface area contributed by atoms with E-state index in [9.17, 15) is 4.79 Å². The molecule has 0 bridgehead atoms. The van der Waals surface area contributed by atoms with Crippen LogP contribution in [-0.2, 0) is 11.3 Å². The fourth-order valence-electron chi connectivity index (χ4n) is 2.20. The van der Waals surface area contributed by atoms with Gasteiger partial charge in [0.2, 0.25) is 5.91 Å². The van der Waals surface area contributed by atoms with Crippen molar-refractivity contribution in [1.82, 2.24) is 5.32 Å². The molecule has 0 aliphatic heterocycles. The van der Waals surface area contributed by atoms with Gasteiger partial charge in [0.1, 0.15) is 0 Å². The molecular weight excluding hydrogens is 260 g/mol. The van der Waals surface area contributed by atoms with E-state index in [4.69, 9.17) is 0 Å².